The van der Waals surface area contributed by atoms with E-state index in [0.717, 1.165) is 35.8 Å². The maximum Gasteiger partial charge on any atom is 0.327 e. The maximum atomic E-state index is 13.3. The Labute approximate surface area is 225 Å². The van der Waals surface area contributed by atoms with Gasteiger partial charge in [0, 0.05) is 47.7 Å². The summed E-state index contributed by atoms with van der Waals surface area (Å²) < 4.78 is 27.6. The number of hydrogen-bond donors (Lipinski definition) is 3. The van der Waals surface area contributed by atoms with Crippen molar-refractivity contribution in [2.24, 2.45) is 0 Å². The molecular formula is C26H28ClN5O5S. The summed E-state index contributed by atoms with van der Waals surface area (Å²) >= 11 is 6.00. The van der Waals surface area contributed by atoms with Gasteiger partial charge < -0.3 is 19.9 Å². The SMILES string of the molecule is N=C(c1ccc(CN2C(=O)CN(S(=O)(=O)c3cc4cc(Cl)ccc4[nH]3)C[C@@H]2C(=O)O)cc1)N1CCCCC1. The minimum atomic E-state index is -4.16. The number of carbonyl (C=O) groups is 2. The first-order valence-corrected chi connectivity index (χ1v) is 14.2. The lowest BCUT2D eigenvalue weighted by Crippen LogP contribution is -2.60. The Bertz CT molecular complexity index is 1500. The number of carboxylic acids is 1. The van der Waals surface area contributed by atoms with Crippen molar-refractivity contribution in [2.75, 3.05) is 26.2 Å². The molecule has 0 saturated carbocycles. The lowest BCUT2D eigenvalue weighted by molar-refractivity contribution is -0.154. The van der Waals surface area contributed by atoms with Crippen LogP contribution in [0.3, 0.4) is 0 Å². The van der Waals surface area contributed by atoms with E-state index >= 15 is 0 Å². The van der Waals surface area contributed by atoms with E-state index in [1.165, 1.54) is 17.4 Å². The van der Waals surface area contributed by atoms with Gasteiger partial charge in [0.25, 0.3) is 10.0 Å². The van der Waals surface area contributed by atoms with Gasteiger partial charge in [0.1, 0.15) is 16.9 Å². The predicted molar refractivity (Wildman–Crippen MR) is 143 cm³/mol. The fraction of sp³-hybridized carbons (Fsp3) is 0.346. The van der Waals surface area contributed by atoms with Gasteiger partial charge in [-0.15, -0.1) is 0 Å². The van der Waals surface area contributed by atoms with E-state index in [4.69, 9.17) is 17.0 Å². The molecule has 12 heteroatoms. The van der Waals surface area contributed by atoms with Crippen LogP contribution in [-0.4, -0.2) is 82.5 Å². The molecule has 1 aromatic heterocycles. The number of nitrogens with zero attached hydrogens (tertiary/aromatic N) is 3. The van der Waals surface area contributed by atoms with Crippen LogP contribution in [0.2, 0.25) is 5.02 Å². The molecule has 0 radical (unpaired) electrons. The van der Waals surface area contributed by atoms with Crippen molar-refractivity contribution in [3.8, 4) is 0 Å². The second-order valence-electron chi connectivity index (χ2n) is 9.63. The molecule has 2 fully saturated rings. The highest BCUT2D eigenvalue weighted by molar-refractivity contribution is 7.89. The fourth-order valence-corrected chi connectivity index (χ4v) is 6.58. The highest BCUT2D eigenvalue weighted by Gasteiger charge is 2.42. The molecule has 0 spiro atoms. The number of sulfonamides is 1. The van der Waals surface area contributed by atoms with Crippen LogP contribution in [0.15, 0.2) is 53.6 Å². The number of piperidine rings is 1. The molecule has 5 rings (SSSR count). The third-order valence-corrected chi connectivity index (χ3v) is 9.07. The average molecular weight is 558 g/mol. The van der Waals surface area contributed by atoms with Crippen molar-refractivity contribution < 1.29 is 23.1 Å². The molecule has 2 saturated heterocycles. The van der Waals surface area contributed by atoms with Gasteiger partial charge in [-0.3, -0.25) is 10.2 Å². The number of H-pyrrole nitrogens is 1. The summed E-state index contributed by atoms with van der Waals surface area (Å²) in [6.45, 7) is 0.882. The molecule has 2 aliphatic rings. The Morgan fingerprint density at radius 1 is 1.08 bits per heavy atom. The monoisotopic (exact) mass is 557 g/mol. The molecule has 1 amide bonds. The summed E-state index contributed by atoms with van der Waals surface area (Å²) in [6.07, 6.45) is 3.30. The number of amides is 1. The highest BCUT2D eigenvalue weighted by atomic mass is 35.5. The zero-order valence-electron chi connectivity index (χ0n) is 20.6. The van der Waals surface area contributed by atoms with Crippen LogP contribution in [0.25, 0.3) is 10.9 Å². The number of aromatic amines is 1. The van der Waals surface area contributed by atoms with Crippen LogP contribution < -0.4 is 0 Å². The van der Waals surface area contributed by atoms with E-state index in [9.17, 15) is 23.1 Å². The number of nitrogens with one attached hydrogen (secondary N) is 2. The quantitative estimate of drug-likeness (QED) is 0.314. The Kier molecular flexibility index (Phi) is 7.17. The molecule has 0 aliphatic carbocycles. The van der Waals surface area contributed by atoms with Crippen LogP contribution in [0.1, 0.15) is 30.4 Å². The van der Waals surface area contributed by atoms with Gasteiger partial charge in [0.05, 0.1) is 6.54 Å². The van der Waals surface area contributed by atoms with Crippen molar-refractivity contribution in [3.63, 3.8) is 0 Å². The number of likely N-dealkylation sites (tertiary alicyclic amines) is 1. The Balaban J connectivity index is 1.32. The van der Waals surface area contributed by atoms with Gasteiger partial charge >= 0.3 is 5.97 Å². The number of carbonyl (C=O) groups excluding carboxylic acids is 1. The molecule has 38 heavy (non-hydrogen) atoms. The summed E-state index contributed by atoms with van der Waals surface area (Å²) in [5.41, 5.74) is 2.01. The lowest BCUT2D eigenvalue weighted by Gasteiger charge is -2.38. The molecule has 0 bridgehead atoms. The number of fused-ring (bicyclic) bond motifs is 1. The van der Waals surface area contributed by atoms with E-state index in [1.807, 2.05) is 4.90 Å². The first-order valence-electron chi connectivity index (χ1n) is 12.4. The van der Waals surface area contributed by atoms with Crippen LogP contribution in [0, 0.1) is 5.41 Å². The van der Waals surface area contributed by atoms with E-state index in [-0.39, 0.29) is 18.1 Å². The Morgan fingerprint density at radius 3 is 2.47 bits per heavy atom. The molecule has 2 aromatic carbocycles. The van der Waals surface area contributed by atoms with E-state index in [2.05, 4.69) is 4.98 Å². The average Bonchev–Trinajstić information content (AvgIpc) is 3.34. The van der Waals surface area contributed by atoms with Crippen molar-refractivity contribution in [1.29, 1.82) is 5.41 Å². The first-order chi connectivity index (χ1) is 18.1. The van der Waals surface area contributed by atoms with Gasteiger partial charge in [-0.2, -0.15) is 4.31 Å². The smallest absolute Gasteiger partial charge is 0.327 e. The fourth-order valence-electron chi connectivity index (χ4n) is 4.98. The zero-order chi connectivity index (χ0) is 27.0. The molecule has 200 valence electrons. The number of aromatic nitrogens is 1. The highest BCUT2D eigenvalue weighted by Crippen LogP contribution is 2.27. The standard InChI is InChI=1S/C26H28ClN5O5S/c27-20-8-9-21-19(12-20)13-23(29-21)38(36,37)31-15-22(26(34)35)32(24(33)16-31)14-17-4-6-18(7-5-17)25(28)30-10-2-1-3-11-30/h4-9,12-13,22,28-29H,1-3,10-11,14-16H2,(H,34,35)/t22-/m1/s1. The normalized spacial score (nSPS) is 19.2. The van der Waals surface area contributed by atoms with Gasteiger partial charge in [-0.1, -0.05) is 35.9 Å². The van der Waals surface area contributed by atoms with Crippen molar-refractivity contribution in [1.82, 2.24) is 19.1 Å². The number of hydrogen-bond acceptors (Lipinski definition) is 5. The molecule has 3 N–H and O–H groups in total. The summed E-state index contributed by atoms with van der Waals surface area (Å²) in [5, 5.41) is 19.3. The Hall–Kier alpha value is -3.41. The van der Waals surface area contributed by atoms with Crippen LogP contribution in [0.5, 0.6) is 0 Å². The van der Waals surface area contributed by atoms with Crippen molar-refractivity contribution in [3.05, 3.63) is 64.7 Å². The molecule has 10 nitrogen and oxygen atoms in total. The summed E-state index contributed by atoms with van der Waals surface area (Å²) in [7, 11) is -4.16. The van der Waals surface area contributed by atoms with Crippen LogP contribution in [0.4, 0.5) is 0 Å². The second-order valence-corrected chi connectivity index (χ2v) is 12.0. The topological polar surface area (TPSA) is 138 Å². The summed E-state index contributed by atoms with van der Waals surface area (Å²) in [4.78, 5) is 31.3. The van der Waals surface area contributed by atoms with E-state index in [0.29, 0.717) is 27.3 Å². The summed E-state index contributed by atoms with van der Waals surface area (Å²) in [6, 6.07) is 12.1. The Morgan fingerprint density at radius 2 is 1.79 bits per heavy atom. The van der Waals surface area contributed by atoms with Gasteiger partial charge in [-0.25, -0.2) is 13.2 Å². The molecule has 0 unspecified atom stereocenters. The van der Waals surface area contributed by atoms with E-state index in [1.54, 1.807) is 42.5 Å². The van der Waals surface area contributed by atoms with E-state index < -0.39 is 34.5 Å². The van der Waals surface area contributed by atoms with Gasteiger partial charge in [0.15, 0.2) is 0 Å². The molecule has 3 aromatic rings. The van der Waals surface area contributed by atoms with Gasteiger partial charge in [-0.05, 0) is 49.1 Å². The van der Waals surface area contributed by atoms with Crippen LogP contribution in [-0.2, 0) is 26.2 Å². The minimum Gasteiger partial charge on any atom is -0.480 e. The van der Waals surface area contributed by atoms with Crippen molar-refractivity contribution in [2.45, 2.75) is 36.9 Å². The molecule has 3 heterocycles. The zero-order valence-corrected chi connectivity index (χ0v) is 22.1. The third-order valence-electron chi connectivity index (χ3n) is 7.10. The van der Waals surface area contributed by atoms with Gasteiger partial charge in [0.2, 0.25) is 5.91 Å². The number of rotatable bonds is 6. The number of amidine groups is 1. The lowest BCUT2D eigenvalue weighted by atomic mass is 10.1. The van der Waals surface area contributed by atoms with Crippen LogP contribution >= 0.6 is 11.6 Å². The third kappa shape index (κ3) is 5.13. The molecule has 2 aliphatic heterocycles. The predicted octanol–water partition coefficient (Wildman–Crippen LogP) is 3.12. The minimum absolute atomic E-state index is 0.0197. The largest absolute Gasteiger partial charge is 0.480 e. The maximum absolute atomic E-state index is 13.3. The molecular weight excluding hydrogens is 530 g/mol. The number of carboxylic acid groups (broad SMARTS) is 1. The number of benzene rings is 2. The molecule has 1 atom stereocenters. The first kappa shape index (κ1) is 26.2. The number of aliphatic carboxylic acids is 1. The second kappa shape index (κ2) is 10.4. The number of halogens is 1. The van der Waals surface area contributed by atoms with Crippen molar-refractivity contribution >= 4 is 50.2 Å². The number of piperazine rings is 1. The summed E-state index contributed by atoms with van der Waals surface area (Å²) in [5.74, 6) is -1.43.